The van der Waals surface area contributed by atoms with E-state index in [1.165, 1.54) is 4.90 Å². The number of halogens is 1. The zero-order valence-electron chi connectivity index (χ0n) is 11.8. The van der Waals surface area contributed by atoms with Crippen LogP contribution in [0.15, 0.2) is 36.4 Å². The van der Waals surface area contributed by atoms with Crippen molar-refractivity contribution in [3.05, 3.63) is 58.1 Å². The molecule has 22 heavy (non-hydrogen) atoms. The lowest BCUT2D eigenvalue weighted by Crippen LogP contribution is -2.30. The van der Waals surface area contributed by atoms with Gasteiger partial charge >= 0.3 is 0 Å². The van der Waals surface area contributed by atoms with Gasteiger partial charge in [-0.05, 0) is 31.2 Å². The van der Waals surface area contributed by atoms with Crippen LogP contribution in [0.4, 0.5) is 5.69 Å². The minimum Gasteiger partial charge on any atom is -0.488 e. The zero-order valence-corrected chi connectivity index (χ0v) is 12.6. The van der Waals surface area contributed by atoms with Crippen molar-refractivity contribution >= 4 is 29.1 Å². The highest BCUT2D eigenvalue weighted by Gasteiger charge is 2.39. The molecule has 0 aromatic heterocycles. The molecule has 0 fully saturated rings. The van der Waals surface area contributed by atoms with Gasteiger partial charge in [0.1, 0.15) is 11.9 Å². The standard InChI is InChI=1S/C17H12ClNO3/c1-9-8-12-14(7-6-13(18)15(12)22-9)19-16(20)10-4-2-3-5-11(10)17(19)21/h2-7,9H,8H2,1H3. The first-order valence-electron chi connectivity index (χ1n) is 7.04. The number of amides is 2. The highest BCUT2D eigenvalue weighted by molar-refractivity contribution is 6.35. The minimum atomic E-state index is -0.301. The molecule has 0 saturated carbocycles. The largest absolute Gasteiger partial charge is 0.488 e. The molecule has 2 amide bonds. The highest BCUT2D eigenvalue weighted by Crippen LogP contribution is 2.43. The number of benzene rings is 2. The minimum absolute atomic E-state index is 0.0242. The maximum Gasteiger partial charge on any atom is 0.266 e. The molecule has 2 aromatic carbocycles. The number of carbonyl (C=O) groups excluding carboxylic acids is 2. The molecule has 5 heteroatoms. The molecule has 110 valence electrons. The fraction of sp³-hybridized carbons (Fsp3) is 0.176. The molecule has 4 rings (SSSR count). The Balaban J connectivity index is 1.87. The Morgan fingerprint density at radius 1 is 1.09 bits per heavy atom. The Morgan fingerprint density at radius 3 is 2.36 bits per heavy atom. The van der Waals surface area contributed by atoms with Crippen molar-refractivity contribution in [2.45, 2.75) is 19.4 Å². The predicted molar refractivity (Wildman–Crippen MR) is 82.8 cm³/mol. The van der Waals surface area contributed by atoms with Gasteiger partial charge < -0.3 is 4.74 Å². The van der Waals surface area contributed by atoms with Crippen molar-refractivity contribution < 1.29 is 14.3 Å². The monoisotopic (exact) mass is 313 g/mol. The van der Waals surface area contributed by atoms with Crippen molar-refractivity contribution in [1.29, 1.82) is 0 Å². The van der Waals surface area contributed by atoms with Crippen molar-refractivity contribution in [2.75, 3.05) is 4.90 Å². The zero-order chi connectivity index (χ0) is 15.4. The third-order valence-corrected chi connectivity index (χ3v) is 4.33. The van der Waals surface area contributed by atoms with Gasteiger partial charge in [-0.15, -0.1) is 0 Å². The Bertz CT molecular complexity index is 796. The SMILES string of the molecule is CC1Cc2c(N3C(=O)c4ccccc4C3=O)ccc(Cl)c2O1. The van der Waals surface area contributed by atoms with E-state index in [1.54, 1.807) is 36.4 Å². The Hall–Kier alpha value is -2.33. The number of fused-ring (bicyclic) bond motifs is 2. The third kappa shape index (κ3) is 1.70. The van der Waals surface area contributed by atoms with E-state index in [-0.39, 0.29) is 17.9 Å². The topological polar surface area (TPSA) is 46.6 Å². The molecular formula is C17H12ClNO3. The molecule has 0 radical (unpaired) electrons. The lowest BCUT2D eigenvalue weighted by atomic mass is 10.1. The molecule has 2 aliphatic rings. The van der Waals surface area contributed by atoms with E-state index >= 15 is 0 Å². The normalized spacial score (nSPS) is 19.2. The summed E-state index contributed by atoms with van der Waals surface area (Å²) in [4.78, 5) is 26.4. The number of anilines is 1. The first kappa shape index (κ1) is 13.3. The first-order chi connectivity index (χ1) is 10.6. The lowest BCUT2D eigenvalue weighted by molar-refractivity contribution is 0.0926. The van der Waals surface area contributed by atoms with Gasteiger partial charge in [0.15, 0.2) is 0 Å². The first-order valence-corrected chi connectivity index (χ1v) is 7.41. The second-order valence-corrected chi connectivity index (χ2v) is 5.91. The summed E-state index contributed by atoms with van der Waals surface area (Å²) >= 11 is 6.16. The van der Waals surface area contributed by atoms with Crippen LogP contribution in [-0.2, 0) is 6.42 Å². The van der Waals surface area contributed by atoms with Crippen LogP contribution >= 0.6 is 11.6 Å². The number of hydrogen-bond acceptors (Lipinski definition) is 3. The van der Waals surface area contributed by atoms with Crippen LogP contribution < -0.4 is 9.64 Å². The van der Waals surface area contributed by atoms with Gasteiger partial charge in [-0.1, -0.05) is 23.7 Å². The molecule has 0 spiro atoms. The van der Waals surface area contributed by atoms with E-state index in [2.05, 4.69) is 0 Å². The lowest BCUT2D eigenvalue weighted by Gasteiger charge is -2.17. The van der Waals surface area contributed by atoms with E-state index in [0.29, 0.717) is 34.0 Å². The van der Waals surface area contributed by atoms with Crippen molar-refractivity contribution in [1.82, 2.24) is 0 Å². The van der Waals surface area contributed by atoms with Crippen LogP contribution in [-0.4, -0.2) is 17.9 Å². The molecule has 1 atom stereocenters. The number of hydrogen-bond donors (Lipinski definition) is 0. The van der Waals surface area contributed by atoms with E-state index in [0.717, 1.165) is 5.56 Å². The van der Waals surface area contributed by atoms with Crippen LogP contribution in [0, 0.1) is 0 Å². The molecule has 0 saturated heterocycles. The van der Waals surface area contributed by atoms with E-state index in [9.17, 15) is 9.59 Å². The summed E-state index contributed by atoms with van der Waals surface area (Å²) in [6.07, 6.45) is 0.599. The highest BCUT2D eigenvalue weighted by atomic mass is 35.5. The number of imide groups is 1. The Labute approximate surface area is 132 Å². The summed E-state index contributed by atoms with van der Waals surface area (Å²) in [6.45, 7) is 1.93. The number of nitrogens with zero attached hydrogens (tertiary/aromatic N) is 1. The summed E-state index contributed by atoms with van der Waals surface area (Å²) in [5.74, 6) is -0.0300. The fourth-order valence-electron chi connectivity index (χ4n) is 3.06. The van der Waals surface area contributed by atoms with E-state index in [1.807, 2.05) is 6.92 Å². The van der Waals surface area contributed by atoms with Gasteiger partial charge in [-0.25, -0.2) is 4.90 Å². The van der Waals surface area contributed by atoms with E-state index in [4.69, 9.17) is 16.3 Å². The molecule has 0 N–H and O–H groups in total. The van der Waals surface area contributed by atoms with Crippen LogP contribution in [0.25, 0.3) is 0 Å². The number of ether oxygens (including phenoxy) is 1. The summed E-state index contributed by atoms with van der Waals surface area (Å²) in [7, 11) is 0. The van der Waals surface area contributed by atoms with Crippen molar-refractivity contribution in [2.24, 2.45) is 0 Å². The number of carbonyl (C=O) groups is 2. The second kappa shape index (κ2) is 4.58. The third-order valence-electron chi connectivity index (χ3n) is 4.03. The molecule has 2 aromatic rings. The average Bonchev–Trinajstić information content (AvgIpc) is 3.02. The molecule has 0 aliphatic carbocycles. The summed E-state index contributed by atoms with van der Waals surface area (Å²) in [5.41, 5.74) is 2.25. The van der Waals surface area contributed by atoms with Gasteiger partial charge in [0.05, 0.1) is 21.8 Å². The second-order valence-electron chi connectivity index (χ2n) is 5.50. The van der Waals surface area contributed by atoms with Crippen LogP contribution in [0.5, 0.6) is 5.75 Å². The van der Waals surface area contributed by atoms with E-state index < -0.39 is 0 Å². The molecule has 4 nitrogen and oxygen atoms in total. The van der Waals surface area contributed by atoms with Gasteiger partial charge in [-0.2, -0.15) is 0 Å². The summed E-state index contributed by atoms with van der Waals surface area (Å²) < 4.78 is 5.70. The van der Waals surface area contributed by atoms with Crippen LogP contribution in [0.3, 0.4) is 0 Å². The average molecular weight is 314 g/mol. The van der Waals surface area contributed by atoms with Gasteiger partial charge in [0, 0.05) is 12.0 Å². The predicted octanol–water partition coefficient (Wildman–Crippen LogP) is 3.46. The smallest absolute Gasteiger partial charge is 0.266 e. The molecule has 0 bridgehead atoms. The number of rotatable bonds is 1. The van der Waals surface area contributed by atoms with Gasteiger partial charge in [0.25, 0.3) is 11.8 Å². The molecule has 1 unspecified atom stereocenters. The summed E-state index contributed by atoms with van der Waals surface area (Å²) in [6, 6.07) is 10.2. The van der Waals surface area contributed by atoms with Crippen LogP contribution in [0.1, 0.15) is 33.2 Å². The fourth-order valence-corrected chi connectivity index (χ4v) is 3.28. The quantitative estimate of drug-likeness (QED) is 0.757. The molecule has 2 heterocycles. The Morgan fingerprint density at radius 2 is 1.73 bits per heavy atom. The van der Waals surface area contributed by atoms with Crippen molar-refractivity contribution in [3.8, 4) is 5.75 Å². The van der Waals surface area contributed by atoms with Gasteiger partial charge in [0.2, 0.25) is 0 Å². The molecular weight excluding hydrogens is 302 g/mol. The van der Waals surface area contributed by atoms with Crippen LogP contribution in [0.2, 0.25) is 5.02 Å². The van der Waals surface area contributed by atoms with Crippen molar-refractivity contribution in [3.63, 3.8) is 0 Å². The Kier molecular flexibility index (Phi) is 2.78. The molecule has 2 aliphatic heterocycles. The van der Waals surface area contributed by atoms with Gasteiger partial charge in [-0.3, -0.25) is 9.59 Å². The summed E-state index contributed by atoms with van der Waals surface area (Å²) in [5, 5.41) is 0.500. The maximum atomic E-state index is 12.6. The maximum absolute atomic E-state index is 12.6.